The van der Waals surface area contributed by atoms with Crippen molar-refractivity contribution >= 4 is 7.60 Å². The van der Waals surface area contributed by atoms with E-state index in [1.165, 1.54) is 0 Å². The maximum Gasteiger partial charge on any atom is 0.336 e. The summed E-state index contributed by atoms with van der Waals surface area (Å²) in [6.45, 7) is 11.8. The van der Waals surface area contributed by atoms with Gasteiger partial charge in [0.1, 0.15) is 0 Å². The molecule has 1 aliphatic rings. The summed E-state index contributed by atoms with van der Waals surface area (Å²) in [5, 5.41) is 11.1. The lowest BCUT2D eigenvalue weighted by Crippen LogP contribution is -2.49. The molecule has 1 aliphatic carbocycles. The topological polar surface area (TPSA) is 55.8 Å². The van der Waals surface area contributed by atoms with E-state index in [1.807, 2.05) is 13.8 Å². The molecule has 0 amide bonds. The fourth-order valence-electron chi connectivity index (χ4n) is 2.90. The normalized spacial score (nSPS) is 28.6. The van der Waals surface area contributed by atoms with Crippen LogP contribution in [0.25, 0.3) is 0 Å². The minimum Gasteiger partial charge on any atom is -0.388 e. The zero-order valence-electron chi connectivity index (χ0n) is 12.5. The molecule has 112 valence electrons. The summed E-state index contributed by atoms with van der Waals surface area (Å²) in [6.07, 6.45) is 3.81. The Morgan fingerprint density at radius 3 is 2.37 bits per heavy atom. The molecule has 0 aliphatic heterocycles. The number of hydrogen-bond donors (Lipinski definition) is 1. The van der Waals surface area contributed by atoms with Crippen LogP contribution in [0, 0.1) is 5.41 Å². The van der Waals surface area contributed by atoms with Gasteiger partial charge in [0.2, 0.25) is 0 Å². The van der Waals surface area contributed by atoms with Crippen molar-refractivity contribution in [3.63, 3.8) is 0 Å². The highest BCUT2D eigenvalue weighted by Gasteiger charge is 2.58. The van der Waals surface area contributed by atoms with Crippen LogP contribution in [-0.2, 0) is 13.6 Å². The second kappa shape index (κ2) is 6.09. The lowest BCUT2D eigenvalue weighted by Gasteiger charge is -2.43. The van der Waals surface area contributed by atoms with Gasteiger partial charge in [0.15, 0.2) is 0 Å². The smallest absolute Gasteiger partial charge is 0.336 e. The molecule has 1 rings (SSSR count). The Morgan fingerprint density at radius 2 is 1.95 bits per heavy atom. The molecule has 0 aromatic rings. The largest absolute Gasteiger partial charge is 0.388 e. The predicted octanol–water partition coefficient (Wildman–Crippen LogP) is 3.75. The first-order valence-corrected chi connectivity index (χ1v) is 8.63. The third-order valence-electron chi connectivity index (χ3n) is 4.21. The quantitative estimate of drug-likeness (QED) is 0.573. The van der Waals surface area contributed by atoms with Gasteiger partial charge in [0.25, 0.3) is 0 Å². The number of hydrogen-bond acceptors (Lipinski definition) is 4. The van der Waals surface area contributed by atoms with Crippen LogP contribution in [-0.4, -0.2) is 29.6 Å². The van der Waals surface area contributed by atoms with Crippen LogP contribution >= 0.6 is 7.60 Å². The number of rotatable bonds is 7. The lowest BCUT2D eigenvalue weighted by atomic mass is 9.73. The van der Waals surface area contributed by atoms with Crippen LogP contribution < -0.4 is 0 Å². The van der Waals surface area contributed by atoms with Gasteiger partial charge in [-0.1, -0.05) is 19.9 Å². The van der Waals surface area contributed by atoms with Crippen LogP contribution in [0.2, 0.25) is 0 Å². The average molecular weight is 290 g/mol. The monoisotopic (exact) mass is 290 g/mol. The lowest BCUT2D eigenvalue weighted by molar-refractivity contribution is -0.0391. The highest BCUT2D eigenvalue weighted by atomic mass is 31.2. The molecule has 0 aromatic carbocycles. The summed E-state index contributed by atoms with van der Waals surface area (Å²) in [7, 11) is -3.30. The Morgan fingerprint density at radius 1 is 1.42 bits per heavy atom. The second-order valence-corrected chi connectivity index (χ2v) is 7.85. The highest BCUT2D eigenvalue weighted by Crippen LogP contribution is 2.64. The van der Waals surface area contributed by atoms with Crippen molar-refractivity contribution in [2.75, 3.05) is 13.2 Å². The van der Waals surface area contributed by atoms with Gasteiger partial charge in [0, 0.05) is 5.41 Å². The highest BCUT2D eigenvalue weighted by molar-refractivity contribution is 7.54. The fourth-order valence-corrected chi connectivity index (χ4v) is 5.53. The predicted molar refractivity (Wildman–Crippen MR) is 77.4 cm³/mol. The van der Waals surface area contributed by atoms with Crippen molar-refractivity contribution in [1.82, 2.24) is 0 Å². The molecule has 2 atom stereocenters. The van der Waals surface area contributed by atoms with Crippen LogP contribution in [0.1, 0.15) is 47.0 Å². The van der Waals surface area contributed by atoms with E-state index in [9.17, 15) is 9.67 Å². The Bertz CT molecular complexity index is 356. The van der Waals surface area contributed by atoms with E-state index in [2.05, 4.69) is 6.58 Å². The van der Waals surface area contributed by atoms with Crippen LogP contribution in [0.5, 0.6) is 0 Å². The molecule has 0 heterocycles. The molecule has 0 bridgehead atoms. The van der Waals surface area contributed by atoms with E-state index < -0.39 is 24.3 Å². The standard InChI is InChI=1S/C14H27O4P/c1-6-13(4,5)14(15)11-9-10-12(14)19(16,17-7-2)18-8-3/h6,12,15H,1,7-11H2,2-5H3/t12-,14+/m0/s1. The van der Waals surface area contributed by atoms with Gasteiger partial charge in [-0.25, -0.2) is 0 Å². The molecule has 0 spiro atoms. The maximum absolute atomic E-state index is 13.0. The minimum atomic E-state index is -3.30. The van der Waals surface area contributed by atoms with Crippen molar-refractivity contribution in [2.24, 2.45) is 5.41 Å². The van der Waals surface area contributed by atoms with Crippen molar-refractivity contribution in [1.29, 1.82) is 0 Å². The molecule has 1 N–H and O–H groups in total. The first kappa shape index (κ1) is 16.9. The zero-order chi connectivity index (χ0) is 14.7. The number of aliphatic hydroxyl groups is 1. The summed E-state index contributed by atoms with van der Waals surface area (Å²) in [4.78, 5) is 0. The first-order chi connectivity index (χ1) is 8.77. The average Bonchev–Trinajstić information content (AvgIpc) is 2.74. The molecule has 0 aromatic heterocycles. The van der Waals surface area contributed by atoms with Crippen molar-refractivity contribution in [2.45, 2.75) is 58.2 Å². The third-order valence-corrected chi connectivity index (χ3v) is 6.90. The van der Waals surface area contributed by atoms with Crippen LogP contribution in [0.15, 0.2) is 12.7 Å². The fraction of sp³-hybridized carbons (Fsp3) is 0.857. The summed E-state index contributed by atoms with van der Waals surface area (Å²) in [6, 6.07) is 0. The van der Waals surface area contributed by atoms with E-state index in [-0.39, 0.29) is 0 Å². The zero-order valence-corrected chi connectivity index (χ0v) is 13.4. The first-order valence-electron chi connectivity index (χ1n) is 7.02. The Labute approximate surface area is 116 Å². The Balaban J connectivity index is 3.15. The molecule has 5 heteroatoms. The molecule has 19 heavy (non-hydrogen) atoms. The van der Waals surface area contributed by atoms with Gasteiger partial charge >= 0.3 is 7.60 Å². The van der Waals surface area contributed by atoms with Gasteiger partial charge in [-0.05, 0) is 33.1 Å². The van der Waals surface area contributed by atoms with E-state index in [1.54, 1.807) is 19.9 Å². The summed E-state index contributed by atoms with van der Waals surface area (Å²) < 4.78 is 23.8. The van der Waals surface area contributed by atoms with E-state index in [4.69, 9.17) is 9.05 Å². The SMILES string of the molecule is C=CC(C)(C)[C@@]1(O)CCC[C@@H]1P(=O)(OCC)OCC. The van der Waals surface area contributed by atoms with Crippen molar-refractivity contribution in [3.05, 3.63) is 12.7 Å². The molecular weight excluding hydrogens is 263 g/mol. The maximum atomic E-state index is 13.0. The van der Waals surface area contributed by atoms with Crippen LogP contribution in [0.3, 0.4) is 0 Å². The van der Waals surface area contributed by atoms with Gasteiger partial charge in [-0.2, -0.15) is 0 Å². The minimum absolute atomic E-state index is 0.318. The molecule has 0 radical (unpaired) electrons. The molecule has 4 nitrogen and oxygen atoms in total. The van der Waals surface area contributed by atoms with Crippen molar-refractivity contribution < 1.29 is 18.7 Å². The molecule has 0 saturated heterocycles. The van der Waals surface area contributed by atoms with Gasteiger partial charge in [0.05, 0.1) is 24.5 Å². The van der Waals surface area contributed by atoms with E-state index in [0.717, 1.165) is 6.42 Å². The summed E-state index contributed by atoms with van der Waals surface area (Å²) >= 11 is 0. The van der Waals surface area contributed by atoms with Gasteiger partial charge < -0.3 is 14.2 Å². The van der Waals surface area contributed by atoms with Crippen LogP contribution in [0.4, 0.5) is 0 Å². The van der Waals surface area contributed by atoms with E-state index in [0.29, 0.717) is 26.1 Å². The second-order valence-electron chi connectivity index (χ2n) is 5.63. The van der Waals surface area contributed by atoms with E-state index >= 15 is 0 Å². The molecule has 0 unspecified atom stereocenters. The Hall–Kier alpha value is -0.150. The summed E-state index contributed by atoms with van der Waals surface area (Å²) in [5.41, 5.74) is -2.10. The van der Waals surface area contributed by atoms with Gasteiger partial charge in [-0.3, -0.25) is 4.57 Å². The molecular formula is C14H27O4P. The molecule has 1 saturated carbocycles. The van der Waals surface area contributed by atoms with Gasteiger partial charge in [-0.15, -0.1) is 6.58 Å². The molecule has 1 fully saturated rings. The Kier molecular flexibility index (Phi) is 5.42. The third kappa shape index (κ3) is 2.97. The summed E-state index contributed by atoms with van der Waals surface area (Å²) in [5.74, 6) is 0. The van der Waals surface area contributed by atoms with Crippen molar-refractivity contribution in [3.8, 4) is 0 Å².